The number of hydrogen-bond donors (Lipinski definition) is 4. The monoisotopic (exact) mass is 295 g/mol. The van der Waals surface area contributed by atoms with Gasteiger partial charge in [-0.25, -0.2) is 15.8 Å². The molecule has 0 atom stereocenters. The van der Waals surface area contributed by atoms with Gasteiger partial charge in [-0.05, 0) is 19.8 Å². The third kappa shape index (κ3) is 4.28. The minimum Gasteiger partial charge on any atom is -0.388 e. The minimum absolute atomic E-state index is 0.179. The summed E-state index contributed by atoms with van der Waals surface area (Å²) in [5.74, 6) is 7.57. The van der Waals surface area contributed by atoms with Gasteiger partial charge in [-0.3, -0.25) is 0 Å². The van der Waals surface area contributed by atoms with Crippen LogP contribution in [0.1, 0.15) is 58.8 Å². The Morgan fingerprint density at radius 3 is 2.05 bits per heavy atom. The molecule has 0 aromatic carbocycles. The van der Waals surface area contributed by atoms with E-state index in [1.165, 1.54) is 0 Å². The van der Waals surface area contributed by atoms with Gasteiger partial charge < -0.3 is 15.8 Å². The van der Waals surface area contributed by atoms with Crippen LogP contribution in [0.25, 0.3) is 0 Å². The van der Waals surface area contributed by atoms with Crippen molar-refractivity contribution in [2.24, 2.45) is 5.84 Å². The molecular weight excluding hydrogens is 266 g/mol. The van der Waals surface area contributed by atoms with Gasteiger partial charge in [-0.1, -0.05) is 34.6 Å². The predicted octanol–water partition coefficient (Wildman–Crippen LogP) is 2.33. The summed E-state index contributed by atoms with van der Waals surface area (Å²) in [7, 11) is 0. The number of nitrogens with two attached hydrogens (primary N) is 1. The molecule has 0 unspecified atom stereocenters. The van der Waals surface area contributed by atoms with E-state index in [1.54, 1.807) is 0 Å². The Bertz CT molecular complexity index is 478. The number of aliphatic hydroxyl groups is 1. The van der Waals surface area contributed by atoms with E-state index in [2.05, 4.69) is 41.5 Å². The van der Waals surface area contributed by atoms with Crippen LogP contribution in [0.4, 0.5) is 11.6 Å². The lowest BCUT2D eigenvalue weighted by atomic mass is 9.95. The molecule has 0 saturated heterocycles. The zero-order valence-electron chi connectivity index (χ0n) is 14.0. The average molecular weight is 295 g/mol. The van der Waals surface area contributed by atoms with Gasteiger partial charge in [0.1, 0.15) is 17.5 Å². The summed E-state index contributed by atoms with van der Waals surface area (Å²) in [6.45, 7) is 12.5. The molecule has 0 amide bonds. The van der Waals surface area contributed by atoms with E-state index in [4.69, 9.17) is 5.84 Å². The van der Waals surface area contributed by atoms with Crippen LogP contribution in [0.5, 0.6) is 0 Å². The van der Waals surface area contributed by atoms with Gasteiger partial charge in [0, 0.05) is 17.5 Å². The van der Waals surface area contributed by atoms with Crippen LogP contribution in [0.3, 0.4) is 0 Å². The van der Waals surface area contributed by atoms with E-state index in [1.807, 2.05) is 20.8 Å². The molecule has 1 aromatic rings. The first kappa shape index (κ1) is 17.7. The van der Waals surface area contributed by atoms with Crippen molar-refractivity contribution < 1.29 is 5.11 Å². The summed E-state index contributed by atoms with van der Waals surface area (Å²) >= 11 is 0. The van der Waals surface area contributed by atoms with Gasteiger partial charge in [0.05, 0.1) is 5.60 Å². The van der Waals surface area contributed by atoms with Crippen molar-refractivity contribution >= 4 is 11.6 Å². The van der Waals surface area contributed by atoms with E-state index in [-0.39, 0.29) is 5.41 Å². The standard InChI is InChI=1S/C15H29N5O/c1-7-15(21,8-2)9-17-11-10(3)12(20-16)19-13(18-11)14(4,5)6/h21H,7-9,16H2,1-6H3,(H2,17,18,19,20). The molecule has 1 heterocycles. The molecule has 0 bridgehead atoms. The Balaban J connectivity index is 3.11. The maximum Gasteiger partial charge on any atom is 0.148 e. The molecule has 1 rings (SSSR count). The number of nitrogens with zero attached hydrogens (tertiary/aromatic N) is 2. The first-order valence-corrected chi connectivity index (χ1v) is 7.49. The van der Waals surface area contributed by atoms with E-state index >= 15 is 0 Å². The smallest absolute Gasteiger partial charge is 0.148 e. The molecule has 0 aliphatic carbocycles. The van der Waals surface area contributed by atoms with Gasteiger partial charge in [-0.2, -0.15) is 0 Å². The highest BCUT2D eigenvalue weighted by Crippen LogP contribution is 2.26. The van der Waals surface area contributed by atoms with Crippen LogP contribution >= 0.6 is 0 Å². The van der Waals surface area contributed by atoms with E-state index < -0.39 is 5.60 Å². The average Bonchev–Trinajstić information content (AvgIpc) is 2.44. The van der Waals surface area contributed by atoms with Gasteiger partial charge >= 0.3 is 0 Å². The number of hydrogen-bond acceptors (Lipinski definition) is 6. The van der Waals surface area contributed by atoms with Crippen LogP contribution < -0.4 is 16.6 Å². The van der Waals surface area contributed by atoms with Crippen molar-refractivity contribution in [3.8, 4) is 0 Å². The lowest BCUT2D eigenvalue weighted by Crippen LogP contribution is -2.36. The first-order chi connectivity index (χ1) is 9.66. The molecule has 1 aromatic heterocycles. The Hall–Kier alpha value is -1.40. The van der Waals surface area contributed by atoms with Crippen molar-refractivity contribution in [3.63, 3.8) is 0 Å². The second kappa shape index (κ2) is 6.58. The Morgan fingerprint density at radius 2 is 1.62 bits per heavy atom. The highest BCUT2D eigenvalue weighted by atomic mass is 16.3. The zero-order chi connectivity index (χ0) is 16.3. The van der Waals surface area contributed by atoms with Crippen LogP contribution in [-0.4, -0.2) is 27.2 Å². The maximum absolute atomic E-state index is 10.4. The molecule has 0 spiro atoms. The van der Waals surface area contributed by atoms with Crippen molar-refractivity contribution in [3.05, 3.63) is 11.4 Å². The molecule has 6 nitrogen and oxygen atoms in total. The fraction of sp³-hybridized carbons (Fsp3) is 0.733. The lowest BCUT2D eigenvalue weighted by Gasteiger charge is -2.27. The Morgan fingerprint density at radius 1 is 1.10 bits per heavy atom. The molecule has 0 aliphatic heterocycles. The number of anilines is 2. The molecular formula is C15H29N5O. The van der Waals surface area contributed by atoms with E-state index in [0.717, 1.165) is 5.56 Å². The third-order valence-electron chi connectivity index (χ3n) is 3.85. The van der Waals surface area contributed by atoms with Crippen molar-refractivity contribution in [1.29, 1.82) is 0 Å². The van der Waals surface area contributed by atoms with Crippen LogP contribution in [0.2, 0.25) is 0 Å². The minimum atomic E-state index is -0.727. The van der Waals surface area contributed by atoms with Crippen LogP contribution in [-0.2, 0) is 5.41 Å². The largest absolute Gasteiger partial charge is 0.388 e. The highest BCUT2D eigenvalue weighted by molar-refractivity contribution is 5.57. The van der Waals surface area contributed by atoms with Crippen LogP contribution in [0, 0.1) is 6.92 Å². The second-order valence-corrected chi connectivity index (χ2v) is 6.55. The van der Waals surface area contributed by atoms with E-state index in [9.17, 15) is 5.11 Å². The summed E-state index contributed by atoms with van der Waals surface area (Å²) in [5, 5.41) is 13.6. The summed E-state index contributed by atoms with van der Waals surface area (Å²) in [6.07, 6.45) is 1.38. The fourth-order valence-corrected chi connectivity index (χ4v) is 1.91. The van der Waals surface area contributed by atoms with Crippen molar-refractivity contribution in [2.75, 3.05) is 17.3 Å². The molecule has 0 radical (unpaired) electrons. The lowest BCUT2D eigenvalue weighted by molar-refractivity contribution is 0.0456. The van der Waals surface area contributed by atoms with Gasteiger partial charge in [-0.15, -0.1) is 0 Å². The molecule has 6 heteroatoms. The fourth-order valence-electron chi connectivity index (χ4n) is 1.91. The van der Waals surface area contributed by atoms with Gasteiger partial charge in [0.2, 0.25) is 0 Å². The summed E-state index contributed by atoms with van der Waals surface area (Å²) in [4.78, 5) is 9.05. The number of nitrogen functional groups attached to an aromatic ring is 1. The third-order valence-corrected chi connectivity index (χ3v) is 3.85. The topological polar surface area (TPSA) is 96.1 Å². The Kier molecular flexibility index (Phi) is 5.53. The molecule has 21 heavy (non-hydrogen) atoms. The molecule has 0 fully saturated rings. The molecule has 0 aliphatic rings. The normalized spacial score (nSPS) is 12.4. The van der Waals surface area contributed by atoms with Crippen molar-refractivity contribution in [2.45, 2.75) is 65.4 Å². The molecule has 120 valence electrons. The zero-order valence-corrected chi connectivity index (χ0v) is 14.0. The number of nitrogens with one attached hydrogen (secondary N) is 2. The summed E-state index contributed by atoms with van der Waals surface area (Å²) in [6, 6.07) is 0. The number of hydrazine groups is 1. The maximum atomic E-state index is 10.4. The van der Waals surface area contributed by atoms with Gasteiger partial charge in [0.15, 0.2) is 0 Å². The predicted molar refractivity (Wildman–Crippen MR) is 87.3 cm³/mol. The highest BCUT2D eigenvalue weighted by Gasteiger charge is 2.24. The first-order valence-electron chi connectivity index (χ1n) is 7.49. The number of aromatic nitrogens is 2. The van der Waals surface area contributed by atoms with Gasteiger partial charge in [0.25, 0.3) is 0 Å². The van der Waals surface area contributed by atoms with Crippen LogP contribution in [0.15, 0.2) is 0 Å². The number of rotatable bonds is 6. The molecule has 0 saturated carbocycles. The Labute approximate surface area is 127 Å². The summed E-state index contributed by atoms with van der Waals surface area (Å²) in [5.41, 5.74) is 2.56. The second-order valence-electron chi connectivity index (χ2n) is 6.55. The SMILES string of the molecule is CCC(O)(CC)CNc1nc(C(C)(C)C)nc(NN)c1C. The quantitative estimate of drug-likeness (QED) is 0.475. The van der Waals surface area contributed by atoms with E-state index in [0.29, 0.717) is 36.8 Å². The molecule has 5 N–H and O–H groups in total. The van der Waals surface area contributed by atoms with Crippen molar-refractivity contribution in [1.82, 2.24) is 9.97 Å². The summed E-state index contributed by atoms with van der Waals surface area (Å²) < 4.78 is 0.